The van der Waals surface area contributed by atoms with Gasteiger partial charge in [0.2, 0.25) is 0 Å². The van der Waals surface area contributed by atoms with Crippen LogP contribution >= 0.6 is 11.6 Å². The van der Waals surface area contributed by atoms with Crippen LogP contribution in [-0.2, 0) is 11.2 Å². The molecule has 2 unspecified atom stereocenters. The summed E-state index contributed by atoms with van der Waals surface area (Å²) in [6.07, 6.45) is 5.81. The first kappa shape index (κ1) is 12.9. The SMILES string of the molecule is NC(Cc1cccc(Cl)c1)CC1CCCCO1. The summed E-state index contributed by atoms with van der Waals surface area (Å²) in [5.74, 6) is 0. The summed E-state index contributed by atoms with van der Waals surface area (Å²) in [5, 5.41) is 0.781. The average Bonchev–Trinajstić information content (AvgIpc) is 2.30. The van der Waals surface area contributed by atoms with Crippen molar-refractivity contribution in [3.8, 4) is 0 Å². The van der Waals surface area contributed by atoms with Crippen LogP contribution in [0.15, 0.2) is 24.3 Å². The summed E-state index contributed by atoms with van der Waals surface area (Å²) in [6.45, 7) is 0.897. The van der Waals surface area contributed by atoms with Crippen LogP contribution in [0.3, 0.4) is 0 Å². The Morgan fingerprint density at radius 2 is 2.29 bits per heavy atom. The van der Waals surface area contributed by atoms with Crippen molar-refractivity contribution < 1.29 is 4.74 Å². The quantitative estimate of drug-likeness (QED) is 0.895. The molecule has 0 saturated carbocycles. The van der Waals surface area contributed by atoms with Gasteiger partial charge in [0.05, 0.1) is 6.10 Å². The molecule has 0 amide bonds. The first-order valence-electron chi connectivity index (χ1n) is 6.35. The molecule has 2 N–H and O–H groups in total. The number of benzene rings is 1. The smallest absolute Gasteiger partial charge is 0.0590 e. The second-order valence-electron chi connectivity index (χ2n) is 4.82. The summed E-state index contributed by atoms with van der Waals surface area (Å²) in [5.41, 5.74) is 7.37. The molecule has 0 spiro atoms. The van der Waals surface area contributed by atoms with Crippen molar-refractivity contribution in [2.45, 2.75) is 44.2 Å². The molecule has 1 heterocycles. The Balaban J connectivity index is 1.82. The van der Waals surface area contributed by atoms with Crippen LogP contribution in [0.25, 0.3) is 0 Å². The molecule has 0 aliphatic carbocycles. The van der Waals surface area contributed by atoms with E-state index in [0.29, 0.717) is 6.10 Å². The number of rotatable bonds is 4. The number of nitrogens with two attached hydrogens (primary N) is 1. The molecule has 0 radical (unpaired) electrons. The Hall–Kier alpha value is -0.570. The molecule has 2 rings (SSSR count). The maximum absolute atomic E-state index is 6.16. The number of ether oxygens (including phenoxy) is 1. The van der Waals surface area contributed by atoms with Crippen molar-refractivity contribution in [2.24, 2.45) is 5.73 Å². The zero-order valence-electron chi connectivity index (χ0n) is 10.1. The van der Waals surface area contributed by atoms with Gasteiger partial charge in [-0.3, -0.25) is 0 Å². The van der Waals surface area contributed by atoms with Gasteiger partial charge in [-0.1, -0.05) is 23.7 Å². The van der Waals surface area contributed by atoms with Crippen molar-refractivity contribution >= 4 is 11.6 Å². The Morgan fingerprint density at radius 1 is 1.41 bits per heavy atom. The Bertz CT molecular complexity index is 350. The second kappa shape index (κ2) is 6.39. The van der Waals surface area contributed by atoms with Crippen LogP contribution in [0.5, 0.6) is 0 Å². The lowest BCUT2D eigenvalue weighted by atomic mass is 9.97. The fourth-order valence-corrected chi connectivity index (χ4v) is 2.59. The van der Waals surface area contributed by atoms with Crippen LogP contribution in [0.4, 0.5) is 0 Å². The van der Waals surface area contributed by atoms with Crippen molar-refractivity contribution in [2.75, 3.05) is 6.61 Å². The zero-order chi connectivity index (χ0) is 12.1. The molecule has 1 aromatic carbocycles. The summed E-state index contributed by atoms with van der Waals surface area (Å²) in [7, 11) is 0. The molecule has 0 aromatic heterocycles. The minimum Gasteiger partial charge on any atom is -0.378 e. The van der Waals surface area contributed by atoms with E-state index >= 15 is 0 Å². The van der Waals surface area contributed by atoms with Gasteiger partial charge in [0.1, 0.15) is 0 Å². The van der Waals surface area contributed by atoms with E-state index in [1.165, 1.54) is 18.4 Å². The van der Waals surface area contributed by atoms with E-state index in [9.17, 15) is 0 Å². The zero-order valence-corrected chi connectivity index (χ0v) is 10.8. The van der Waals surface area contributed by atoms with E-state index in [-0.39, 0.29) is 6.04 Å². The maximum Gasteiger partial charge on any atom is 0.0590 e. The first-order valence-corrected chi connectivity index (χ1v) is 6.73. The van der Waals surface area contributed by atoms with Crippen molar-refractivity contribution in [3.63, 3.8) is 0 Å². The predicted molar refractivity (Wildman–Crippen MR) is 71.3 cm³/mol. The van der Waals surface area contributed by atoms with Gasteiger partial charge >= 0.3 is 0 Å². The largest absolute Gasteiger partial charge is 0.378 e. The van der Waals surface area contributed by atoms with Gasteiger partial charge in [-0.15, -0.1) is 0 Å². The monoisotopic (exact) mass is 253 g/mol. The molecule has 2 nitrogen and oxygen atoms in total. The van der Waals surface area contributed by atoms with E-state index in [0.717, 1.165) is 30.9 Å². The minimum atomic E-state index is 0.163. The molecule has 1 aromatic rings. The normalized spacial score (nSPS) is 22.4. The third kappa shape index (κ3) is 4.30. The lowest BCUT2D eigenvalue weighted by molar-refractivity contribution is 0.00747. The van der Waals surface area contributed by atoms with Gasteiger partial charge in [-0.2, -0.15) is 0 Å². The molecule has 17 heavy (non-hydrogen) atoms. The Kier molecular flexibility index (Phi) is 4.84. The van der Waals surface area contributed by atoms with Gasteiger partial charge in [-0.25, -0.2) is 0 Å². The summed E-state index contributed by atoms with van der Waals surface area (Å²) in [6, 6.07) is 8.09. The lowest BCUT2D eigenvalue weighted by Crippen LogP contribution is -2.31. The number of halogens is 1. The van der Waals surface area contributed by atoms with Crippen LogP contribution in [-0.4, -0.2) is 18.8 Å². The van der Waals surface area contributed by atoms with E-state index in [1.54, 1.807) is 0 Å². The van der Waals surface area contributed by atoms with Crippen LogP contribution in [0, 0.1) is 0 Å². The second-order valence-corrected chi connectivity index (χ2v) is 5.25. The molecule has 1 fully saturated rings. The third-order valence-electron chi connectivity index (χ3n) is 3.23. The first-order chi connectivity index (χ1) is 8.24. The topological polar surface area (TPSA) is 35.2 Å². The molecule has 1 saturated heterocycles. The standard InChI is InChI=1S/C14H20ClNO/c15-12-5-3-4-11(8-12)9-13(16)10-14-6-1-2-7-17-14/h3-5,8,13-14H,1-2,6-7,9-10,16H2. The van der Waals surface area contributed by atoms with E-state index in [1.807, 2.05) is 18.2 Å². The summed E-state index contributed by atoms with van der Waals surface area (Å²) in [4.78, 5) is 0. The fraction of sp³-hybridized carbons (Fsp3) is 0.571. The highest BCUT2D eigenvalue weighted by atomic mass is 35.5. The van der Waals surface area contributed by atoms with Crippen LogP contribution < -0.4 is 5.73 Å². The maximum atomic E-state index is 6.16. The molecule has 1 aliphatic heterocycles. The van der Waals surface area contributed by atoms with Crippen LogP contribution in [0.2, 0.25) is 5.02 Å². The average molecular weight is 254 g/mol. The van der Waals surface area contributed by atoms with E-state index in [2.05, 4.69) is 6.07 Å². The molecule has 0 bridgehead atoms. The molecule has 3 heteroatoms. The van der Waals surface area contributed by atoms with Gasteiger partial charge in [0.15, 0.2) is 0 Å². The molecular formula is C14H20ClNO. The predicted octanol–water partition coefficient (Wildman–Crippen LogP) is 3.17. The molecule has 94 valence electrons. The highest BCUT2D eigenvalue weighted by Gasteiger charge is 2.17. The Labute approximate surface area is 108 Å². The molecular weight excluding hydrogens is 234 g/mol. The van der Waals surface area contributed by atoms with Crippen molar-refractivity contribution in [3.05, 3.63) is 34.9 Å². The van der Waals surface area contributed by atoms with Crippen molar-refractivity contribution in [1.82, 2.24) is 0 Å². The number of hydrogen-bond acceptors (Lipinski definition) is 2. The van der Waals surface area contributed by atoms with Gasteiger partial charge < -0.3 is 10.5 Å². The minimum absolute atomic E-state index is 0.163. The van der Waals surface area contributed by atoms with Crippen molar-refractivity contribution in [1.29, 1.82) is 0 Å². The highest BCUT2D eigenvalue weighted by Crippen LogP contribution is 2.19. The Morgan fingerprint density at radius 3 is 3.00 bits per heavy atom. The number of hydrogen-bond donors (Lipinski definition) is 1. The van der Waals surface area contributed by atoms with Crippen LogP contribution in [0.1, 0.15) is 31.2 Å². The van der Waals surface area contributed by atoms with Gasteiger partial charge in [0.25, 0.3) is 0 Å². The molecule has 1 aliphatic rings. The van der Waals surface area contributed by atoms with Gasteiger partial charge in [0, 0.05) is 17.7 Å². The van der Waals surface area contributed by atoms with E-state index in [4.69, 9.17) is 22.1 Å². The van der Waals surface area contributed by atoms with Gasteiger partial charge in [-0.05, 0) is 49.8 Å². The third-order valence-corrected chi connectivity index (χ3v) is 3.46. The summed E-state index contributed by atoms with van der Waals surface area (Å²) >= 11 is 5.95. The molecule has 2 atom stereocenters. The fourth-order valence-electron chi connectivity index (χ4n) is 2.38. The summed E-state index contributed by atoms with van der Waals surface area (Å²) < 4.78 is 5.70. The lowest BCUT2D eigenvalue weighted by Gasteiger charge is -2.25. The van der Waals surface area contributed by atoms with E-state index < -0.39 is 0 Å². The highest BCUT2D eigenvalue weighted by molar-refractivity contribution is 6.30.